The number of nitrogens with zero attached hydrogens (tertiary/aromatic N) is 3. The highest BCUT2D eigenvalue weighted by molar-refractivity contribution is 7.09. The fourth-order valence-electron chi connectivity index (χ4n) is 3.86. The van der Waals surface area contributed by atoms with Gasteiger partial charge in [0.15, 0.2) is 0 Å². The van der Waals surface area contributed by atoms with Gasteiger partial charge in [0.2, 0.25) is 0 Å². The third-order valence-corrected chi connectivity index (χ3v) is 6.64. The van der Waals surface area contributed by atoms with Gasteiger partial charge in [0.25, 0.3) is 5.91 Å². The second kappa shape index (κ2) is 10.7. The number of aromatic amines is 1. The highest BCUT2D eigenvalue weighted by atomic mass is 32.1. The first-order valence-electron chi connectivity index (χ1n) is 12.2. The molecule has 0 atom stereocenters. The lowest BCUT2D eigenvalue weighted by Gasteiger charge is -2.27. The van der Waals surface area contributed by atoms with E-state index in [-0.39, 0.29) is 12.5 Å². The topological polar surface area (TPSA) is 100 Å². The summed E-state index contributed by atoms with van der Waals surface area (Å²) in [4.78, 5) is 39.9. The lowest BCUT2D eigenvalue weighted by molar-refractivity contribution is 0.0231. The molecule has 0 aliphatic carbocycles. The first-order chi connectivity index (χ1) is 17.5. The molecule has 2 amide bonds. The summed E-state index contributed by atoms with van der Waals surface area (Å²) in [7, 11) is 0. The number of amides is 2. The number of H-pyrrole nitrogens is 1. The van der Waals surface area contributed by atoms with Crippen LogP contribution in [0, 0.1) is 0 Å². The number of thiazole rings is 1. The van der Waals surface area contributed by atoms with Crippen LogP contribution in [0.5, 0.6) is 0 Å². The predicted octanol–water partition coefficient (Wildman–Crippen LogP) is 5.66. The zero-order chi connectivity index (χ0) is 26.6. The van der Waals surface area contributed by atoms with Crippen LogP contribution in [-0.4, -0.2) is 44.0 Å². The number of ether oxygens (including phenoxy) is 1. The van der Waals surface area contributed by atoms with Crippen molar-refractivity contribution in [3.05, 3.63) is 82.1 Å². The molecule has 0 bridgehead atoms. The Hall–Kier alpha value is -3.72. The Morgan fingerprint density at radius 1 is 1.00 bits per heavy atom. The molecule has 0 saturated carbocycles. The van der Waals surface area contributed by atoms with Gasteiger partial charge in [0.1, 0.15) is 17.1 Å². The fraction of sp³-hybridized carbons (Fsp3) is 0.357. The first-order valence-corrected chi connectivity index (χ1v) is 13.1. The van der Waals surface area contributed by atoms with Crippen LogP contribution in [0.4, 0.5) is 4.79 Å². The zero-order valence-electron chi connectivity index (χ0n) is 21.9. The van der Waals surface area contributed by atoms with Crippen molar-refractivity contribution in [3.8, 4) is 0 Å². The molecule has 2 heterocycles. The van der Waals surface area contributed by atoms with E-state index in [1.54, 1.807) is 10.3 Å². The molecule has 0 saturated heterocycles. The summed E-state index contributed by atoms with van der Waals surface area (Å²) < 4.78 is 5.64. The number of aromatic nitrogens is 3. The second-order valence-corrected chi connectivity index (χ2v) is 11.4. The molecule has 37 heavy (non-hydrogen) atoms. The number of imidazole rings is 1. The summed E-state index contributed by atoms with van der Waals surface area (Å²) in [5, 5.41) is 5.58. The van der Waals surface area contributed by atoms with Crippen molar-refractivity contribution in [1.29, 1.82) is 0 Å². The van der Waals surface area contributed by atoms with Gasteiger partial charge in [-0.1, -0.05) is 42.5 Å². The molecular formula is C28H33N5O3S. The van der Waals surface area contributed by atoms with Crippen molar-refractivity contribution in [3.63, 3.8) is 0 Å². The van der Waals surface area contributed by atoms with Gasteiger partial charge in [-0.2, -0.15) is 0 Å². The highest BCUT2D eigenvalue weighted by Crippen LogP contribution is 2.21. The molecule has 0 spiro atoms. The molecule has 0 radical (unpaired) electrons. The molecular weight excluding hydrogens is 486 g/mol. The summed E-state index contributed by atoms with van der Waals surface area (Å²) in [5.41, 5.74) is 1.97. The molecule has 4 rings (SSSR count). The molecule has 2 N–H and O–H groups in total. The molecule has 194 valence electrons. The van der Waals surface area contributed by atoms with Gasteiger partial charge in [-0.3, -0.25) is 4.79 Å². The lowest BCUT2D eigenvalue weighted by Crippen LogP contribution is -2.41. The van der Waals surface area contributed by atoms with Crippen molar-refractivity contribution in [2.24, 2.45) is 0 Å². The highest BCUT2D eigenvalue weighted by Gasteiger charge is 2.26. The van der Waals surface area contributed by atoms with Crippen LogP contribution in [0.25, 0.3) is 11.0 Å². The number of hydrogen-bond donors (Lipinski definition) is 2. The second-order valence-electron chi connectivity index (χ2n) is 10.4. The zero-order valence-corrected chi connectivity index (χ0v) is 22.7. The molecule has 0 aliphatic heterocycles. The quantitative estimate of drug-likeness (QED) is 0.313. The summed E-state index contributed by atoms with van der Waals surface area (Å²) >= 11 is 1.40. The van der Waals surface area contributed by atoms with Gasteiger partial charge in [0, 0.05) is 18.3 Å². The van der Waals surface area contributed by atoms with E-state index in [2.05, 4.69) is 20.3 Å². The van der Waals surface area contributed by atoms with Crippen LogP contribution in [0.15, 0.2) is 60.0 Å². The number of carbonyl (C=O) groups excluding carboxylic acids is 2. The first kappa shape index (κ1) is 26.3. The third kappa shape index (κ3) is 6.95. The third-order valence-electron chi connectivity index (χ3n) is 5.73. The van der Waals surface area contributed by atoms with E-state index in [1.165, 1.54) is 11.3 Å². The van der Waals surface area contributed by atoms with Crippen molar-refractivity contribution in [2.75, 3.05) is 6.54 Å². The maximum Gasteiger partial charge on any atom is 0.410 e. The van der Waals surface area contributed by atoms with Crippen LogP contribution in [-0.2, 0) is 23.2 Å². The number of benzene rings is 2. The van der Waals surface area contributed by atoms with E-state index in [1.807, 2.05) is 89.2 Å². The minimum Gasteiger partial charge on any atom is -0.444 e. The molecule has 2 aromatic heterocycles. The van der Waals surface area contributed by atoms with E-state index < -0.39 is 17.2 Å². The molecule has 0 aliphatic rings. The van der Waals surface area contributed by atoms with Crippen LogP contribution in [0.2, 0.25) is 0 Å². The van der Waals surface area contributed by atoms with Gasteiger partial charge in [-0.25, -0.2) is 14.8 Å². The van der Waals surface area contributed by atoms with Gasteiger partial charge in [0.05, 0.1) is 28.1 Å². The standard InChI is InChI=1S/C28H33N5O3S/c1-27(2,3)36-26(35)33(17-23-29-20-13-9-10-14-21(20)30-23)16-15-24-31-22(18-37-24)25(34)32-28(4,5)19-11-7-6-8-12-19/h6-14,18H,15-17H2,1-5H3,(H,29,30)(H,32,34). The summed E-state index contributed by atoms with van der Waals surface area (Å²) in [6, 6.07) is 17.6. The summed E-state index contributed by atoms with van der Waals surface area (Å²) in [6.45, 7) is 10.1. The maximum absolute atomic E-state index is 13.0. The number of fused-ring (bicyclic) bond motifs is 1. The molecule has 0 fully saturated rings. The Balaban J connectivity index is 1.43. The normalized spacial score (nSPS) is 11.9. The van der Waals surface area contributed by atoms with Gasteiger partial charge in [-0.15, -0.1) is 11.3 Å². The minimum atomic E-state index is -0.624. The average Bonchev–Trinajstić information content (AvgIpc) is 3.47. The van der Waals surface area contributed by atoms with E-state index in [9.17, 15) is 9.59 Å². The number of para-hydroxylation sites is 2. The van der Waals surface area contributed by atoms with E-state index >= 15 is 0 Å². The lowest BCUT2D eigenvalue weighted by atomic mass is 9.94. The Labute approximate surface area is 221 Å². The molecule has 2 aromatic carbocycles. The van der Waals surface area contributed by atoms with Crippen LogP contribution in [0.3, 0.4) is 0 Å². The van der Waals surface area contributed by atoms with Crippen molar-refractivity contribution in [1.82, 2.24) is 25.2 Å². The molecule has 4 aromatic rings. The fourth-order valence-corrected chi connectivity index (χ4v) is 4.63. The van der Waals surface area contributed by atoms with Crippen molar-refractivity contribution < 1.29 is 14.3 Å². The number of nitrogens with one attached hydrogen (secondary N) is 2. The minimum absolute atomic E-state index is 0.234. The van der Waals surface area contributed by atoms with Crippen LogP contribution >= 0.6 is 11.3 Å². The summed E-state index contributed by atoms with van der Waals surface area (Å²) in [6.07, 6.45) is 0.0616. The maximum atomic E-state index is 13.0. The van der Waals surface area contributed by atoms with E-state index in [0.717, 1.165) is 21.6 Å². The SMILES string of the molecule is CC(C)(C)OC(=O)N(CCc1nc(C(=O)NC(C)(C)c2ccccc2)cs1)Cc1nc2ccccc2[nH]1. The van der Waals surface area contributed by atoms with E-state index in [0.29, 0.717) is 24.5 Å². The molecule has 0 unspecified atom stereocenters. The Bertz CT molecular complexity index is 1340. The Morgan fingerprint density at radius 3 is 2.41 bits per heavy atom. The number of hydrogen-bond acceptors (Lipinski definition) is 6. The Morgan fingerprint density at radius 2 is 1.70 bits per heavy atom. The van der Waals surface area contributed by atoms with Gasteiger partial charge >= 0.3 is 6.09 Å². The van der Waals surface area contributed by atoms with E-state index in [4.69, 9.17) is 4.74 Å². The molecule has 9 heteroatoms. The van der Waals surface area contributed by atoms with Gasteiger partial charge in [-0.05, 0) is 52.3 Å². The number of rotatable bonds is 8. The van der Waals surface area contributed by atoms with Crippen molar-refractivity contribution in [2.45, 2.75) is 58.7 Å². The predicted molar refractivity (Wildman–Crippen MR) is 145 cm³/mol. The monoisotopic (exact) mass is 519 g/mol. The Kier molecular flexibility index (Phi) is 7.63. The van der Waals surface area contributed by atoms with Gasteiger partial charge < -0.3 is 19.9 Å². The van der Waals surface area contributed by atoms with Crippen LogP contribution in [0.1, 0.15) is 61.5 Å². The number of carbonyl (C=O) groups is 2. The summed E-state index contributed by atoms with van der Waals surface area (Å²) in [5.74, 6) is 0.442. The largest absolute Gasteiger partial charge is 0.444 e. The van der Waals surface area contributed by atoms with Crippen molar-refractivity contribution >= 4 is 34.4 Å². The average molecular weight is 520 g/mol. The molecule has 8 nitrogen and oxygen atoms in total. The van der Waals surface area contributed by atoms with Crippen LogP contribution < -0.4 is 5.32 Å². The smallest absolute Gasteiger partial charge is 0.410 e.